The Hall–Kier alpha value is -1.47. The maximum absolute atomic E-state index is 11.2. The van der Waals surface area contributed by atoms with Gasteiger partial charge in [0.2, 0.25) is 0 Å². The average molecular weight is 425 g/mol. The average Bonchev–Trinajstić information content (AvgIpc) is 3.10. The van der Waals surface area contributed by atoms with Crippen molar-refractivity contribution in [1.29, 1.82) is 0 Å². The summed E-state index contributed by atoms with van der Waals surface area (Å²) in [7, 11) is -9.24. The molecule has 2 aromatic heterocycles. The lowest BCUT2D eigenvalue weighted by Gasteiger charge is -2.19. The smallest absolute Gasteiger partial charge is 0.382 e. The van der Waals surface area contributed by atoms with Gasteiger partial charge in [-0.3, -0.25) is 13.7 Å². The molecule has 0 aliphatic carbocycles. The van der Waals surface area contributed by atoms with Crippen LogP contribution in [0.2, 0.25) is 0 Å². The molecule has 3 atom stereocenters. The molecular formula is C11H17N5O9P2. The monoisotopic (exact) mass is 425 g/mol. The first-order chi connectivity index (χ1) is 12.5. The number of aromatic nitrogens is 4. The van der Waals surface area contributed by atoms with Crippen molar-refractivity contribution < 1.29 is 42.7 Å². The fourth-order valence-corrected chi connectivity index (χ4v) is 3.59. The molecule has 0 amide bonds. The summed E-state index contributed by atoms with van der Waals surface area (Å²) in [5.74, 6) is 0.154. The quantitative estimate of drug-likeness (QED) is 0.348. The van der Waals surface area contributed by atoms with Crippen molar-refractivity contribution in [3.63, 3.8) is 0 Å². The van der Waals surface area contributed by atoms with E-state index in [0.29, 0.717) is 11.2 Å². The first kappa shape index (κ1) is 20.3. The molecule has 14 nitrogen and oxygen atoms in total. The predicted molar refractivity (Wildman–Crippen MR) is 88.0 cm³/mol. The number of nitrogens with two attached hydrogens (primary N) is 1. The van der Waals surface area contributed by atoms with E-state index < -0.39 is 40.2 Å². The summed E-state index contributed by atoms with van der Waals surface area (Å²) in [4.78, 5) is 47.8. The van der Waals surface area contributed by atoms with Crippen LogP contribution in [0.1, 0.15) is 12.6 Å². The summed E-state index contributed by atoms with van der Waals surface area (Å²) in [6.07, 6.45) is -1.11. The van der Waals surface area contributed by atoms with Crippen molar-refractivity contribution in [3.8, 4) is 0 Å². The third-order valence-corrected chi connectivity index (χ3v) is 4.76. The van der Waals surface area contributed by atoms with Crippen LogP contribution in [0.4, 0.5) is 5.82 Å². The second-order valence-electron chi connectivity index (χ2n) is 5.75. The van der Waals surface area contributed by atoms with Crippen LogP contribution >= 0.6 is 15.4 Å². The number of ether oxygens (including phenoxy) is 2. The highest BCUT2D eigenvalue weighted by Gasteiger charge is 2.41. The van der Waals surface area contributed by atoms with Crippen molar-refractivity contribution in [2.45, 2.75) is 24.9 Å². The summed E-state index contributed by atoms with van der Waals surface area (Å²) in [5, 5.41) is 0. The molecule has 0 spiro atoms. The van der Waals surface area contributed by atoms with Gasteiger partial charge in [-0.05, 0) is 0 Å². The van der Waals surface area contributed by atoms with Gasteiger partial charge in [0.05, 0.1) is 12.9 Å². The van der Waals surface area contributed by atoms with E-state index in [0.717, 1.165) is 0 Å². The molecule has 0 saturated carbocycles. The molecule has 2 aromatic rings. The van der Waals surface area contributed by atoms with E-state index in [9.17, 15) is 9.13 Å². The van der Waals surface area contributed by atoms with Crippen molar-refractivity contribution >= 4 is 32.4 Å². The molecule has 6 N–H and O–H groups in total. The third-order valence-electron chi connectivity index (χ3n) is 3.69. The molecule has 1 fully saturated rings. The molecule has 3 rings (SSSR count). The number of phosphoric acid groups is 1. The van der Waals surface area contributed by atoms with Gasteiger partial charge in [0.1, 0.15) is 36.6 Å². The van der Waals surface area contributed by atoms with Crippen LogP contribution in [-0.2, 0) is 23.1 Å². The van der Waals surface area contributed by atoms with Gasteiger partial charge < -0.3 is 34.8 Å². The van der Waals surface area contributed by atoms with Crippen LogP contribution < -0.4 is 5.73 Å². The number of rotatable bonds is 7. The topological polar surface area (TPSA) is 212 Å². The molecule has 1 aliphatic rings. The van der Waals surface area contributed by atoms with E-state index in [-0.39, 0.29) is 18.8 Å². The van der Waals surface area contributed by atoms with Crippen molar-refractivity contribution in [3.05, 3.63) is 12.7 Å². The van der Waals surface area contributed by atoms with E-state index in [2.05, 4.69) is 15.0 Å². The van der Waals surface area contributed by atoms with Gasteiger partial charge in [0, 0.05) is 6.42 Å². The van der Waals surface area contributed by atoms with Crippen molar-refractivity contribution in [2.24, 2.45) is 0 Å². The fourth-order valence-electron chi connectivity index (χ4n) is 2.68. The van der Waals surface area contributed by atoms with Crippen molar-refractivity contribution in [1.82, 2.24) is 19.5 Å². The van der Waals surface area contributed by atoms with Crippen LogP contribution in [0.15, 0.2) is 12.7 Å². The highest BCUT2D eigenvalue weighted by Crippen LogP contribution is 2.44. The third kappa shape index (κ3) is 5.08. The lowest BCUT2D eigenvalue weighted by Crippen LogP contribution is -2.28. The maximum Gasteiger partial charge on any atom is 0.469 e. The fraction of sp³-hybridized carbons (Fsp3) is 0.545. The molecule has 0 radical (unpaired) electrons. The summed E-state index contributed by atoms with van der Waals surface area (Å²) in [6, 6.07) is 0. The highest BCUT2D eigenvalue weighted by molar-refractivity contribution is 7.51. The van der Waals surface area contributed by atoms with E-state index in [1.54, 1.807) is 0 Å². The second kappa shape index (κ2) is 7.51. The zero-order valence-electron chi connectivity index (χ0n) is 13.6. The van der Waals surface area contributed by atoms with Gasteiger partial charge in [0.25, 0.3) is 0 Å². The van der Waals surface area contributed by atoms with Gasteiger partial charge in [0.15, 0.2) is 11.5 Å². The molecule has 150 valence electrons. The van der Waals surface area contributed by atoms with Crippen molar-refractivity contribution in [2.75, 3.05) is 18.7 Å². The summed E-state index contributed by atoms with van der Waals surface area (Å²) in [5.41, 5.74) is 6.40. The molecule has 0 unspecified atom stereocenters. The van der Waals surface area contributed by atoms with Crippen LogP contribution in [-0.4, -0.2) is 64.3 Å². The van der Waals surface area contributed by atoms with E-state index >= 15 is 0 Å². The Morgan fingerprint density at radius 1 is 1.26 bits per heavy atom. The molecular weight excluding hydrogens is 408 g/mol. The molecule has 0 bridgehead atoms. The minimum absolute atomic E-state index is 0.00438. The molecule has 27 heavy (non-hydrogen) atoms. The standard InChI is InChI=1S/C11H17N5O9P2/c12-10-9-11(14-3-13-10)16(4-15-9)8-1-6(25-27(20,21)22)7(24-8)2-23-5-26(17,18)19/h3-4,6-8H,1-2,5H2,(H2,12,13,14)(H2,17,18,19)(H2,20,21,22)/t6-,7+,8+/m0/s1. The summed E-state index contributed by atoms with van der Waals surface area (Å²) in [6.45, 7) is -0.351. The lowest BCUT2D eigenvalue weighted by molar-refractivity contribution is -0.0556. The highest BCUT2D eigenvalue weighted by atomic mass is 31.2. The first-order valence-electron chi connectivity index (χ1n) is 7.48. The Balaban J connectivity index is 1.80. The second-order valence-corrected chi connectivity index (χ2v) is 8.53. The molecule has 16 heteroatoms. The summed E-state index contributed by atoms with van der Waals surface area (Å²) >= 11 is 0. The Morgan fingerprint density at radius 2 is 2.00 bits per heavy atom. The van der Waals surface area contributed by atoms with E-state index in [1.807, 2.05) is 0 Å². The van der Waals surface area contributed by atoms with E-state index in [1.165, 1.54) is 17.2 Å². The van der Waals surface area contributed by atoms with Crippen LogP contribution in [0, 0.1) is 0 Å². The van der Waals surface area contributed by atoms with Gasteiger partial charge in [-0.15, -0.1) is 0 Å². The largest absolute Gasteiger partial charge is 0.469 e. The van der Waals surface area contributed by atoms with E-state index in [4.69, 9.17) is 39.3 Å². The Morgan fingerprint density at radius 3 is 2.67 bits per heavy atom. The zero-order valence-corrected chi connectivity index (χ0v) is 15.4. The van der Waals surface area contributed by atoms with Gasteiger partial charge in [-0.1, -0.05) is 0 Å². The lowest BCUT2D eigenvalue weighted by atomic mass is 10.2. The molecule has 1 aliphatic heterocycles. The summed E-state index contributed by atoms with van der Waals surface area (Å²) < 4.78 is 38.9. The van der Waals surface area contributed by atoms with Crippen LogP contribution in [0.3, 0.4) is 0 Å². The Kier molecular flexibility index (Phi) is 5.64. The number of fused-ring (bicyclic) bond motifs is 1. The molecule has 1 saturated heterocycles. The number of hydrogen-bond donors (Lipinski definition) is 5. The number of anilines is 1. The zero-order chi connectivity index (χ0) is 19.8. The predicted octanol–water partition coefficient (Wildman–Crippen LogP) is -0.674. The van der Waals surface area contributed by atoms with Crippen LogP contribution in [0.5, 0.6) is 0 Å². The number of nitrogens with zero attached hydrogens (tertiary/aromatic N) is 4. The number of hydrogen-bond acceptors (Lipinski definition) is 9. The molecule has 0 aromatic carbocycles. The normalized spacial score (nSPS) is 23.9. The SMILES string of the molecule is Nc1ncnc2c1ncn2[C@H]1C[C@H](OP(=O)(O)O)[C@@H](COCP(=O)(O)O)O1. The Bertz CT molecular complexity index is 911. The maximum atomic E-state index is 11.2. The Labute approximate surface area is 151 Å². The van der Waals surface area contributed by atoms with Crippen LogP contribution in [0.25, 0.3) is 11.2 Å². The van der Waals surface area contributed by atoms with Gasteiger partial charge in [-0.2, -0.15) is 0 Å². The first-order valence-corrected chi connectivity index (χ1v) is 10.8. The number of phosphoric ester groups is 1. The van der Waals surface area contributed by atoms with Gasteiger partial charge >= 0.3 is 15.4 Å². The minimum atomic E-state index is -4.84. The molecule has 3 heterocycles. The number of imidazole rings is 1. The van der Waals surface area contributed by atoms with Gasteiger partial charge in [-0.25, -0.2) is 19.5 Å². The number of nitrogen functional groups attached to an aromatic ring is 1. The minimum Gasteiger partial charge on any atom is -0.382 e.